The third kappa shape index (κ3) is 4.16. The van der Waals surface area contributed by atoms with Crippen LogP contribution >= 0.6 is 0 Å². The first kappa shape index (κ1) is 19.4. The number of aryl methyl sites for hydroxylation is 1. The van der Waals surface area contributed by atoms with Gasteiger partial charge in [0.2, 0.25) is 5.91 Å². The summed E-state index contributed by atoms with van der Waals surface area (Å²) in [5.41, 5.74) is 1.03. The first-order chi connectivity index (χ1) is 12.9. The van der Waals surface area contributed by atoms with Crippen molar-refractivity contribution in [3.05, 3.63) is 23.2 Å². The van der Waals surface area contributed by atoms with Gasteiger partial charge in [0.1, 0.15) is 18.3 Å². The topological polar surface area (TPSA) is 94.3 Å². The van der Waals surface area contributed by atoms with Gasteiger partial charge in [-0.15, -0.1) is 0 Å². The average molecular weight is 377 g/mol. The fourth-order valence-corrected chi connectivity index (χ4v) is 3.86. The van der Waals surface area contributed by atoms with Crippen molar-refractivity contribution < 1.29 is 23.9 Å². The van der Waals surface area contributed by atoms with Gasteiger partial charge in [-0.05, 0) is 38.9 Å². The maximum atomic E-state index is 12.9. The maximum absolute atomic E-state index is 12.9. The zero-order valence-corrected chi connectivity index (χ0v) is 15.9. The first-order valence-electron chi connectivity index (χ1n) is 9.56. The molecule has 2 amide bonds. The Morgan fingerprint density at radius 2 is 1.93 bits per heavy atom. The highest BCUT2D eigenvalue weighted by atomic mass is 16.4. The molecule has 1 aromatic rings. The second-order valence-electron chi connectivity index (χ2n) is 7.22. The lowest BCUT2D eigenvalue weighted by Crippen LogP contribution is -2.58. The van der Waals surface area contributed by atoms with Gasteiger partial charge >= 0.3 is 5.97 Å². The molecular weight excluding hydrogens is 350 g/mol. The van der Waals surface area contributed by atoms with E-state index < -0.39 is 12.0 Å². The molecule has 0 aromatic carbocycles. The smallest absolute Gasteiger partial charge is 0.323 e. The van der Waals surface area contributed by atoms with Crippen molar-refractivity contribution in [1.29, 1.82) is 0 Å². The van der Waals surface area contributed by atoms with Gasteiger partial charge in [0.25, 0.3) is 5.91 Å². The maximum Gasteiger partial charge on any atom is 0.323 e. The molecule has 2 aliphatic rings. The van der Waals surface area contributed by atoms with E-state index in [1.54, 1.807) is 13.0 Å². The molecule has 0 aliphatic carbocycles. The molecule has 1 aromatic heterocycles. The average Bonchev–Trinajstić information content (AvgIpc) is 3.28. The standard InChI is InChI=1S/C19H27N3O5/c1-3-15-14(11-20-6-4-5-7-20)10-16(27-15)19(26)22-9-8-21(12-17(23)24)18(25)13(22)2/h10,13H,3-9,11-12H2,1-2H3,(H,23,24). The summed E-state index contributed by atoms with van der Waals surface area (Å²) in [5, 5.41) is 8.91. The molecule has 1 unspecified atom stereocenters. The molecule has 0 radical (unpaired) electrons. The number of likely N-dealkylation sites (tertiary alicyclic amines) is 1. The highest BCUT2D eigenvalue weighted by Gasteiger charge is 2.36. The molecule has 1 N–H and O–H groups in total. The second-order valence-corrected chi connectivity index (χ2v) is 7.22. The van der Waals surface area contributed by atoms with Gasteiger partial charge in [-0.25, -0.2) is 0 Å². The molecule has 3 rings (SSSR count). The van der Waals surface area contributed by atoms with Crippen LogP contribution in [0.2, 0.25) is 0 Å². The SMILES string of the molecule is CCc1oc(C(=O)N2CCN(CC(=O)O)C(=O)C2C)cc1CN1CCCC1. The zero-order chi connectivity index (χ0) is 19.6. The summed E-state index contributed by atoms with van der Waals surface area (Å²) in [6, 6.07) is 1.10. The van der Waals surface area contributed by atoms with E-state index in [4.69, 9.17) is 9.52 Å². The lowest BCUT2D eigenvalue weighted by Gasteiger charge is -2.38. The van der Waals surface area contributed by atoms with Crippen LogP contribution in [0.4, 0.5) is 0 Å². The third-order valence-electron chi connectivity index (χ3n) is 5.36. The lowest BCUT2D eigenvalue weighted by molar-refractivity contribution is -0.148. The fourth-order valence-electron chi connectivity index (χ4n) is 3.86. The summed E-state index contributed by atoms with van der Waals surface area (Å²) < 4.78 is 5.83. The quantitative estimate of drug-likeness (QED) is 0.800. The Morgan fingerprint density at radius 3 is 2.56 bits per heavy atom. The Morgan fingerprint density at radius 1 is 1.22 bits per heavy atom. The molecule has 8 heteroatoms. The summed E-state index contributed by atoms with van der Waals surface area (Å²) in [5.74, 6) is -0.647. The third-order valence-corrected chi connectivity index (χ3v) is 5.36. The van der Waals surface area contributed by atoms with Crippen molar-refractivity contribution >= 4 is 17.8 Å². The van der Waals surface area contributed by atoms with Crippen LogP contribution in [0.3, 0.4) is 0 Å². The predicted molar refractivity (Wildman–Crippen MR) is 97.3 cm³/mol. The predicted octanol–water partition coefficient (Wildman–Crippen LogP) is 1.20. The largest absolute Gasteiger partial charge is 0.480 e. The monoisotopic (exact) mass is 377 g/mol. The van der Waals surface area contributed by atoms with Gasteiger partial charge in [-0.3, -0.25) is 19.3 Å². The molecule has 3 heterocycles. The molecule has 0 bridgehead atoms. The van der Waals surface area contributed by atoms with Gasteiger partial charge in [0, 0.05) is 31.6 Å². The molecule has 2 saturated heterocycles. The fraction of sp³-hybridized carbons (Fsp3) is 0.632. The molecule has 8 nitrogen and oxygen atoms in total. The number of aliphatic carboxylic acids is 1. The molecule has 0 spiro atoms. The number of hydrogen-bond donors (Lipinski definition) is 1. The van der Waals surface area contributed by atoms with Crippen LogP contribution in [0.1, 0.15) is 48.6 Å². The summed E-state index contributed by atoms with van der Waals surface area (Å²) in [6.07, 6.45) is 3.11. The van der Waals surface area contributed by atoms with Gasteiger partial charge in [-0.2, -0.15) is 0 Å². The van der Waals surface area contributed by atoms with Crippen molar-refractivity contribution in [2.75, 3.05) is 32.7 Å². The molecule has 27 heavy (non-hydrogen) atoms. The first-order valence-corrected chi connectivity index (χ1v) is 9.56. The number of carboxylic acids is 1. The Hall–Kier alpha value is -2.35. The van der Waals surface area contributed by atoms with E-state index in [1.807, 2.05) is 6.92 Å². The normalized spacial score (nSPS) is 21.1. The Bertz CT molecular complexity index is 723. The van der Waals surface area contributed by atoms with Crippen LogP contribution in [-0.2, 0) is 22.6 Å². The van der Waals surface area contributed by atoms with Crippen LogP contribution < -0.4 is 0 Å². The van der Waals surface area contributed by atoms with Crippen LogP contribution in [0.5, 0.6) is 0 Å². The van der Waals surface area contributed by atoms with E-state index in [0.29, 0.717) is 13.0 Å². The highest BCUT2D eigenvalue weighted by molar-refractivity contribution is 5.97. The van der Waals surface area contributed by atoms with Crippen molar-refractivity contribution in [3.63, 3.8) is 0 Å². The number of rotatable bonds is 6. The highest BCUT2D eigenvalue weighted by Crippen LogP contribution is 2.23. The number of hydrogen-bond acceptors (Lipinski definition) is 5. The van der Waals surface area contributed by atoms with Crippen LogP contribution in [0.25, 0.3) is 0 Å². The molecule has 1 atom stereocenters. The minimum atomic E-state index is -1.06. The van der Waals surface area contributed by atoms with E-state index in [-0.39, 0.29) is 30.7 Å². The van der Waals surface area contributed by atoms with E-state index in [2.05, 4.69) is 4.90 Å². The van der Waals surface area contributed by atoms with E-state index in [1.165, 1.54) is 22.6 Å². The van der Waals surface area contributed by atoms with Crippen molar-refractivity contribution in [3.8, 4) is 0 Å². The van der Waals surface area contributed by atoms with Gasteiger partial charge in [-0.1, -0.05) is 6.92 Å². The number of furan rings is 1. The minimum Gasteiger partial charge on any atom is -0.480 e. The van der Waals surface area contributed by atoms with Crippen LogP contribution in [0.15, 0.2) is 10.5 Å². The number of nitrogens with zero attached hydrogens (tertiary/aromatic N) is 3. The summed E-state index contributed by atoms with van der Waals surface area (Å²) in [4.78, 5) is 41.3. The van der Waals surface area contributed by atoms with Gasteiger partial charge < -0.3 is 19.3 Å². The van der Waals surface area contributed by atoms with E-state index in [0.717, 1.165) is 31.0 Å². The Kier molecular flexibility index (Phi) is 5.84. The number of piperazine rings is 1. The summed E-state index contributed by atoms with van der Waals surface area (Å²) in [7, 11) is 0. The Balaban J connectivity index is 1.72. The van der Waals surface area contributed by atoms with E-state index in [9.17, 15) is 14.4 Å². The van der Waals surface area contributed by atoms with Crippen molar-refractivity contribution in [2.24, 2.45) is 0 Å². The van der Waals surface area contributed by atoms with Crippen molar-refractivity contribution in [2.45, 2.75) is 45.7 Å². The number of carbonyl (C=O) groups excluding carboxylic acids is 2. The molecule has 148 valence electrons. The molecule has 2 aliphatic heterocycles. The Labute approximate surface area is 158 Å². The van der Waals surface area contributed by atoms with Crippen LogP contribution in [0, 0.1) is 0 Å². The van der Waals surface area contributed by atoms with Gasteiger partial charge in [0.15, 0.2) is 5.76 Å². The number of amides is 2. The second kappa shape index (κ2) is 8.12. The van der Waals surface area contributed by atoms with E-state index >= 15 is 0 Å². The van der Waals surface area contributed by atoms with Crippen molar-refractivity contribution in [1.82, 2.24) is 14.7 Å². The van der Waals surface area contributed by atoms with Gasteiger partial charge in [0.05, 0.1) is 0 Å². The summed E-state index contributed by atoms with van der Waals surface area (Å²) in [6.45, 7) is 6.70. The lowest BCUT2D eigenvalue weighted by atomic mass is 10.1. The number of carbonyl (C=O) groups is 3. The number of carboxylic acid groups (broad SMARTS) is 1. The summed E-state index contributed by atoms with van der Waals surface area (Å²) >= 11 is 0. The van der Waals surface area contributed by atoms with Crippen LogP contribution in [-0.4, -0.2) is 76.4 Å². The molecule has 2 fully saturated rings. The zero-order valence-electron chi connectivity index (χ0n) is 15.9. The minimum absolute atomic E-state index is 0.211. The molecule has 0 saturated carbocycles. The molecular formula is C19H27N3O5.